The van der Waals surface area contributed by atoms with Gasteiger partial charge in [-0.15, -0.1) is 11.6 Å². The maximum Gasteiger partial charge on any atom is 0.194 e. The summed E-state index contributed by atoms with van der Waals surface area (Å²) in [4.78, 5) is 7.71. The van der Waals surface area contributed by atoms with E-state index in [1.165, 1.54) is 17.6 Å². The summed E-state index contributed by atoms with van der Waals surface area (Å²) in [7, 11) is 0. The molecule has 5 heteroatoms. The molecule has 0 saturated carbocycles. The van der Waals surface area contributed by atoms with Crippen LogP contribution in [0.5, 0.6) is 0 Å². The van der Waals surface area contributed by atoms with Crippen LogP contribution in [0.25, 0.3) is 11.0 Å². The third kappa shape index (κ3) is 2.51. The minimum Gasteiger partial charge on any atom is -0.331 e. The van der Waals surface area contributed by atoms with Crippen molar-refractivity contribution in [3.63, 3.8) is 0 Å². The first-order valence-corrected chi connectivity index (χ1v) is 6.45. The molecule has 0 amide bonds. The molecule has 1 heterocycles. The number of halogens is 1. The second-order valence-corrected chi connectivity index (χ2v) is 4.45. The average molecular weight is 257 g/mol. The lowest BCUT2D eigenvalue weighted by Crippen LogP contribution is -1.87. The molecule has 0 atom stereocenters. The Kier molecular flexibility index (Phi) is 4.09. The first-order chi connectivity index (χ1) is 7.85. The Morgan fingerprint density at radius 3 is 3.12 bits per heavy atom. The molecule has 2 aromatic rings. The average Bonchev–Trinajstić information content (AvgIpc) is 2.70. The first kappa shape index (κ1) is 11.8. The molecular formula is C11H13ClN2OS. The molecule has 16 heavy (non-hydrogen) atoms. The Hall–Kier alpha value is -0.710. The maximum atomic E-state index is 5.76. The van der Waals surface area contributed by atoms with Crippen molar-refractivity contribution in [2.24, 2.45) is 0 Å². The lowest BCUT2D eigenvalue weighted by Gasteiger charge is -1.97. The van der Waals surface area contributed by atoms with Crippen molar-refractivity contribution in [3.05, 3.63) is 23.8 Å². The Morgan fingerprint density at radius 2 is 2.38 bits per heavy atom. The van der Waals surface area contributed by atoms with E-state index < -0.39 is 0 Å². The van der Waals surface area contributed by atoms with Gasteiger partial charge in [-0.25, -0.2) is 4.98 Å². The van der Waals surface area contributed by atoms with E-state index in [0.29, 0.717) is 12.5 Å². The molecule has 1 aromatic heterocycles. The van der Waals surface area contributed by atoms with E-state index in [-0.39, 0.29) is 0 Å². The number of rotatable bonds is 5. The van der Waals surface area contributed by atoms with Crippen molar-refractivity contribution in [1.29, 1.82) is 0 Å². The van der Waals surface area contributed by atoms with E-state index in [0.717, 1.165) is 22.6 Å². The van der Waals surface area contributed by atoms with Crippen LogP contribution in [0.4, 0.5) is 0 Å². The zero-order chi connectivity index (χ0) is 11.4. The molecule has 0 spiro atoms. The van der Waals surface area contributed by atoms with E-state index in [9.17, 15) is 0 Å². The second-order valence-electron chi connectivity index (χ2n) is 3.28. The maximum absolute atomic E-state index is 5.76. The van der Waals surface area contributed by atoms with E-state index in [4.69, 9.17) is 15.8 Å². The Labute approximate surface area is 104 Å². The lowest BCUT2D eigenvalue weighted by atomic mass is 10.1. The van der Waals surface area contributed by atoms with Crippen LogP contribution in [0.2, 0.25) is 0 Å². The SMILES string of the molecule is CCOSc1nc2c(CCCl)cccc2[nH]1. The summed E-state index contributed by atoms with van der Waals surface area (Å²) in [5.74, 6) is 0.611. The largest absolute Gasteiger partial charge is 0.331 e. The number of para-hydroxylation sites is 1. The molecule has 0 unspecified atom stereocenters. The van der Waals surface area contributed by atoms with E-state index in [2.05, 4.69) is 16.0 Å². The van der Waals surface area contributed by atoms with Crippen LogP contribution in [-0.4, -0.2) is 22.5 Å². The van der Waals surface area contributed by atoms with Crippen molar-refractivity contribution in [3.8, 4) is 0 Å². The van der Waals surface area contributed by atoms with Crippen LogP contribution in [0.15, 0.2) is 23.4 Å². The van der Waals surface area contributed by atoms with Gasteiger partial charge in [0.2, 0.25) is 0 Å². The molecule has 0 bridgehead atoms. The summed E-state index contributed by atoms with van der Waals surface area (Å²) in [6.45, 7) is 2.62. The molecule has 3 nitrogen and oxygen atoms in total. The van der Waals surface area contributed by atoms with Gasteiger partial charge in [0.25, 0.3) is 0 Å². The fraction of sp³-hybridized carbons (Fsp3) is 0.364. The zero-order valence-corrected chi connectivity index (χ0v) is 10.6. The van der Waals surface area contributed by atoms with Crippen LogP contribution in [0, 0.1) is 0 Å². The fourth-order valence-electron chi connectivity index (χ4n) is 1.53. The number of nitrogens with zero attached hydrogens (tertiary/aromatic N) is 1. The second kappa shape index (κ2) is 5.57. The van der Waals surface area contributed by atoms with Crippen LogP contribution in [0.3, 0.4) is 0 Å². The van der Waals surface area contributed by atoms with Gasteiger partial charge in [-0.3, -0.25) is 0 Å². The van der Waals surface area contributed by atoms with Crippen LogP contribution in [0.1, 0.15) is 12.5 Å². The van der Waals surface area contributed by atoms with Gasteiger partial charge in [0.15, 0.2) is 5.16 Å². The van der Waals surface area contributed by atoms with Crippen molar-refractivity contribution in [1.82, 2.24) is 9.97 Å². The Balaban J connectivity index is 2.32. The standard InChI is InChI=1S/C11H13ClN2OS/c1-2-15-16-11-13-9-5-3-4-8(6-7-12)10(9)14-11/h3-5H,2,6-7H2,1H3,(H,13,14). The summed E-state index contributed by atoms with van der Waals surface area (Å²) < 4.78 is 5.25. The van der Waals surface area contributed by atoms with Gasteiger partial charge < -0.3 is 9.17 Å². The van der Waals surface area contributed by atoms with Gasteiger partial charge in [-0.05, 0) is 25.0 Å². The van der Waals surface area contributed by atoms with Crippen LogP contribution >= 0.6 is 23.6 Å². The number of benzene rings is 1. The number of hydrogen-bond acceptors (Lipinski definition) is 3. The van der Waals surface area contributed by atoms with Gasteiger partial charge in [-0.2, -0.15) is 0 Å². The number of aromatic amines is 1. The third-order valence-corrected chi connectivity index (χ3v) is 3.09. The summed E-state index contributed by atoms with van der Waals surface area (Å²) in [6, 6.07) is 6.08. The van der Waals surface area contributed by atoms with Gasteiger partial charge in [0, 0.05) is 5.88 Å². The number of aryl methyl sites for hydroxylation is 1. The van der Waals surface area contributed by atoms with Crippen molar-refractivity contribution in [2.75, 3.05) is 12.5 Å². The molecule has 1 N–H and O–H groups in total. The minimum atomic E-state index is 0.611. The van der Waals surface area contributed by atoms with Gasteiger partial charge in [-0.1, -0.05) is 12.1 Å². The molecule has 0 aliphatic heterocycles. The van der Waals surface area contributed by atoms with Gasteiger partial charge >= 0.3 is 0 Å². The number of hydrogen-bond donors (Lipinski definition) is 1. The molecule has 0 radical (unpaired) electrons. The quantitative estimate of drug-likeness (QED) is 0.658. The third-order valence-electron chi connectivity index (χ3n) is 2.19. The van der Waals surface area contributed by atoms with E-state index >= 15 is 0 Å². The summed E-state index contributed by atoms with van der Waals surface area (Å²) in [5, 5.41) is 0.791. The molecule has 1 aromatic carbocycles. The van der Waals surface area contributed by atoms with Crippen LogP contribution < -0.4 is 0 Å². The fourth-order valence-corrected chi connectivity index (χ4v) is 2.24. The molecular weight excluding hydrogens is 244 g/mol. The highest BCUT2D eigenvalue weighted by molar-refractivity contribution is 7.94. The molecule has 0 saturated heterocycles. The predicted molar refractivity (Wildman–Crippen MR) is 68.0 cm³/mol. The highest BCUT2D eigenvalue weighted by atomic mass is 35.5. The van der Waals surface area contributed by atoms with E-state index in [1.54, 1.807) is 0 Å². The summed E-state index contributed by atoms with van der Waals surface area (Å²) in [5.41, 5.74) is 3.20. The zero-order valence-electron chi connectivity index (χ0n) is 9.00. The summed E-state index contributed by atoms with van der Waals surface area (Å²) in [6.07, 6.45) is 0.836. The lowest BCUT2D eigenvalue weighted by molar-refractivity contribution is 0.400. The number of alkyl halides is 1. The summed E-state index contributed by atoms with van der Waals surface area (Å²) >= 11 is 7.03. The highest BCUT2D eigenvalue weighted by Gasteiger charge is 2.07. The van der Waals surface area contributed by atoms with Crippen molar-refractivity contribution in [2.45, 2.75) is 18.5 Å². The van der Waals surface area contributed by atoms with Gasteiger partial charge in [0.1, 0.15) is 0 Å². The smallest absolute Gasteiger partial charge is 0.194 e. The molecule has 0 fully saturated rings. The van der Waals surface area contributed by atoms with Crippen molar-refractivity contribution >= 4 is 34.7 Å². The first-order valence-electron chi connectivity index (χ1n) is 5.18. The highest BCUT2D eigenvalue weighted by Crippen LogP contribution is 2.23. The molecule has 2 rings (SSSR count). The predicted octanol–water partition coefficient (Wildman–Crippen LogP) is 3.39. The van der Waals surface area contributed by atoms with E-state index in [1.807, 2.05) is 19.1 Å². The monoisotopic (exact) mass is 256 g/mol. The normalized spacial score (nSPS) is 11.1. The number of fused-ring (bicyclic) bond motifs is 1. The molecule has 86 valence electrons. The Morgan fingerprint density at radius 1 is 1.50 bits per heavy atom. The minimum absolute atomic E-state index is 0.611. The van der Waals surface area contributed by atoms with Gasteiger partial charge in [0.05, 0.1) is 29.7 Å². The number of imidazole rings is 1. The number of aromatic nitrogens is 2. The molecule has 0 aliphatic rings. The number of nitrogens with one attached hydrogen (secondary N) is 1. The number of H-pyrrole nitrogens is 1. The topological polar surface area (TPSA) is 37.9 Å². The molecule has 0 aliphatic carbocycles. The Bertz CT molecular complexity index is 472. The van der Waals surface area contributed by atoms with Crippen LogP contribution in [-0.2, 0) is 10.6 Å². The van der Waals surface area contributed by atoms with Crippen molar-refractivity contribution < 1.29 is 4.18 Å².